The number of aromatic nitrogens is 1. The predicted octanol–water partition coefficient (Wildman–Crippen LogP) is 3.80. The van der Waals surface area contributed by atoms with E-state index in [1.165, 1.54) is 43.0 Å². The lowest BCUT2D eigenvalue weighted by Crippen LogP contribution is -2.13. The van der Waals surface area contributed by atoms with E-state index >= 15 is 0 Å². The van der Waals surface area contributed by atoms with Crippen molar-refractivity contribution in [2.75, 3.05) is 5.73 Å². The molecule has 1 aromatic heterocycles. The Morgan fingerprint density at radius 3 is 2.76 bits per heavy atom. The van der Waals surface area contributed by atoms with Crippen LogP contribution >= 0.6 is 0 Å². The summed E-state index contributed by atoms with van der Waals surface area (Å²) in [7, 11) is 0. The number of nitrogens with two attached hydrogens (primary N) is 1. The molecule has 17 heavy (non-hydrogen) atoms. The van der Waals surface area contributed by atoms with E-state index in [4.69, 9.17) is 5.73 Å². The third-order valence-corrected chi connectivity index (χ3v) is 3.98. The van der Waals surface area contributed by atoms with Gasteiger partial charge in [-0.1, -0.05) is 25.3 Å². The van der Waals surface area contributed by atoms with Crippen molar-refractivity contribution in [2.24, 2.45) is 5.92 Å². The summed E-state index contributed by atoms with van der Waals surface area (Å²) in [5, 5.41) is 1.30. The predicted molar refractivity (Wildman–Crippen MR) is 72.9 cm³/mol. The Kier molecular flexibility index (Phi) is 2.79. The van der Waals surface area contributed by atoms with E-state index in [1.54, 1.807) is 0 Å². The van der Waals surface area contributed by atoms with E-state index in [-0.39, 0.29) is 0 Å². The molecule has 2 nitrogen and oxygen atoms in total. The first kappa shape index (κ1) is 10.7. The Morgan fingerprint density at radius 1 is 1.12 bits per heavy atom. The van der Waals surface area contributed by atoms with Gasteiger partial charge in [-0.25, -0.2) is 0 Å². The van der Waals surface area contributed by atoms with Gasteiger partial charge in [0.1, 0.15) is 0 Å². The monoisotopic (exact) mass is 228 g/mol. The molecule has 1 fully saturated rings. The summed E-state index contributed by atoms with van der Waals surface area (Å²) in [6.45, 7) is 1.16. The molecule has 1 aliphatic rings. The van der Waals surface area contributed by atoms with E-state index < -0.39 is 0 Å². The Morgan fingerprint density at radius 2 is 1.94 bits per heavy atom. The van der Waals surface area contributed by atoms with Crippen molar-refractivity contribution >= 4 is 16.6 Å². The van der Waals surface area contributed by atoms with Gasteiger partial charge in [0.25, 0.3) is 0 Å². The van der Waals surface area contributed by atoms with Gasteiger partial charge in [0.05, 0.1) is 5.52 Å². The Balaban J connectivity index is 1.86. The van der Waals surface area contributed by atoms with Crippen molar-refractivity contribution < 1.29 is 0 Å². The van der Waals surface area contributed by atoms with E-state index in [0.29, 0.717) is 0 Å². The topological polar surface area (TPSA) is 30.9 Å². The second kappa shape index (κ2) is 4.44. The average Bonchev–Trinajstić information content (AvgIpc) is 2.73. The van der Waals surface area contributed by atoms with E-state index in [1.807, 2.05) is 6.07 Å². The van der Waals surface area contributed by atoms with Crippen LogP contribution in [0.25, 0.3) is 10.9 Å². The van der Waals surface area contributed by atoms with Crippen LogP contribution in [0.3, 0.4) is 0 Å². The maximum Gasteiger partial charge on any atom is 0.0500 e. The van der Waals surface area contributed by atoms with Gasteiger partial charge >= 0.3 is 0 Å². The largest absolute Gasteiger partial charge is 0.399 e. The van der Waals surface area contributed by atoms with Gasteiger partial charge in [-0.05, 0) is 42.3 Å². The van der Waals surface area contributed by atoms with E-state index in [2.05, 4.69) is 29.0 Å². The minimum atomic E-state index is 0.862. The van der Waals surface area contributed by atoms with Gasteiger partial charge in [-0.15, -0.1) is 0 Å². The van der Waals surface area contributed by atoms with Gasteiger partial charge in [-0.3, -0.25) is 0 Å². The standard InChI is InChI=1S/C15H20N2/c16-14-7-6-13-8-9-17(15(13)10-14)11-12-4-2-1-3-5-12/h6-10,12H,1-5,11,16H2. The molecule has 3 rings (SSSR count). The first-order chi connectivity index (χ1) is 8.33. The van der Waals surface area contributed by atoms with Crippen LogP contribution in [0.2, 0.25) is 0 Å². The number of fused-ring (bicyclic) bond motifs is 1. The molecule has 0 atom stereocenters. The molecular weight excluding hydrogens is 208 g/mol. The fraction of sp³-hybridized carbons (Fsp3) is 0.467. The lowest BCUT2D eigenvalue weighted by atomic mass is 9.89. The second-order valence-electron chi connectivity index (χ2n) is 5.29. The molecule has 1 aliphatic carbocycles. The first-order valence-corrected chi connectivity index (χ1v) is 6.67. The summed E-state index contributed by atoms with van der Waals surface area (Å²) in [4.78, 5) is 0. The summed E-state index contributed by atoms with van der Waals surface area (Å²) in [6, 6.07) is 8.38. The minimum Gasteiger partial charge on any atom is -0.399 e. The molecule has 0 radical (unpaired) electrons. The maximum absolute atomic E-state index is 5.87. The highest BCUT2D eigenvalue weighted by Crippen LogP contribution is 2.27. The molecule has 0 aliphatic heterocycles. The van der Waals surface area contributed by atoms with Gasteiger partial charge in [-0.2, -0.15) is 0 Å². The molecule has 90 valence electrons. The zero-order chi connectivity index (χ0) is 11.7. The van der Waals surface area contributed by atoms with Crippen LogP contribution in [0, 0.1) is 5.92 Å². The summed E-state index contributed by atoms with van der Waals surface area (Å²) >= 11 is 0. The van der Waals surface area contributed by atoms with Gasteiger partial charge in [0.15, 0.2) is 0 Å². The van der Waals surface area contributed by atoms with Crippen molar-refractivity contribution in [1.82, 2.24) is 4.57 Å². The summed E-state index contributed by atoms with van der Waals surface area (Å²) < 4.78 is 2.38. The zero-order valence-electron chi connectivity index (χ0n) is 10.2. The molecule has 2 heteroatoms. The zero-order valence-corrected chi connectivity index (χ0v) is 10.2. The fourth-order valence-electron chi connectivity index (χ4n) is 3.01. The quantitative estimate of drug-likeness (QED) is 0.779. The molecule has 1 aromatic carbocycles. The van der Waals surface area contributed by atoms with Crippen LogP contribution in [-0.4, -0.2) is 4.57 Å². The smallest absolute Gasteiger partial charge is 0.0500 e. The molecule has 0 saturated heterocycles. The fourth-order valence-corrected chi connectivity index (χ4v) is 3.01. The summed E-state index contributed by atoms with van der Waals surface area (Å²) in [6.07, 6.45) is 9.23. The third-order valence-electron chi connectivity index (χ3n) is 3.98. The first-order valence-electron chi connectivity index (χ1n) is 6.67. The number of rotatable bonds is 2. The van der Waals surface area contributed by atoms with Crippen LogP contribution in [0.4, 0.5) is 5.69 Å². The van der Waals surface area contributed by atoms with E-state index in [0.717, 1.165) is 18.2 Å². The molecule has 2 N–H and O–H groups in total. The summed E-state index contributed by atoms with van der Waals surface area (Å²) in [5.74, 6) is 0.862. The maximum atomic E-state index is 5.87. The minimum absolute atomic E-state index is 0.862. The molecule has 0 amide bonds. The van der Waals surface area contributed by atoms with Gasteiger partial charge in [0, 0.05) is 18.4 Å². The van der Waals surface area contributed by atoms with Crippen LogP contribution in [0.1, 0.15) is 32.1 Å². The van der Waals surface area contributed by atoms with Crippen molar-refractivity contribution in [2.45, 2.75) is 38.6 Å². The molecule has 2 aromatic rings. The van der Waals surface area contributed by atoms with Crippen LogP contribution in [0.5, 0.6) is 0 Å². The average molecular weight is 228 g/mol. The van der Waals surface area contributed by atoms with Gasteiger partial charge < -0.3 is 10.3 Å². The Hall–Kier alpha value is -1.44. The highest BCUT2D eigenvalue weighted by Gasteiger charge is 2.14. The molecule has 0 spiro atoms. The summed E-state index contributed by atoms with van der Waals surface area (Å²) in [5.41, 5.74) is 8.02. The number of nitrogen functional groups attached to an aromatic ring is 1. The normalized spacial score (nSPS) is 17.6. The molecular formula is C15H20N2. The highest BCUT2D eigenvalue weighted by molar-refractivity contribution is 5.83. The molecule has 1 saturated carbocycles. The van der Waals surface area contributed by atoms with Gasteiger partial charge in [0.2, 0.25) is 0 Å². The third kappa shape index (κ3) is 2.17. The molecule has 0 unspecified atom stereocenters. The number of nitrogens with zero attached hydrogens (tertiary/aromatic N) is 1. The van der Waals surface area contributed by atoms with Crippen molar-refractivity contribution in [3.8, 4) is 0 Å². The number of hydrogen-bond acceptors (Lipinski definition) is 1. The SMILES string of the molecule is Nc1ccc2ccn(CC3CCCCC3)c2c1. The Labute approximate surface area is 102 Å². The van der Waals surface area contributed by atoms with Crippen LogP contribution in [0.15, 0.2) is 30.5 Å². The van der Waals surface area contributed by atoms with Crippen LogP contribution < -0.4 is 5.73 Å². The van der Waals surface area contributed by atoms with Crippen molar-refractivity contribution in [3.05, 3.63) is 30.5 Å². The Bertz CT molecular complexity index is 507. The molecule has 0 bridgehead atoms. The van der Waals surface area contributed by atoms with Crippen LogP contribution in [-0.2, 0) is 6.54 Å². The van der Waals surface area contributed by atoms with E-state index in [9.17, 15) is 0 Å². The number of benzene rings is 1. The molecule has 1 heterocycles. The van der Waals surface area contributed by atoms with Crippen molar-refractivity contribution in [1.29, 1.82) is 0 Å². The second-order valence-corrected chi connectivity index (χ2v) is 5.29. The van der Waals surface area contributed by atoms with Crippen molar-refractivity contribution in [3.63, 3.8) is 0 Å². The lowest BCUT2D eigenvalue weighted by Gasteiger charge is -2.22. The number of hydrogen-bond donors (Lipinski definition) is 1. The lowest BCUT2D eigenvalue weighted by molar-refractivity contribution is 0.322. The highest BCUT2D eigenvalue weighted by atomic mass is 15.0. The number of anilines is 1.